The Bertz CT molecular complexity index is 1650. The molecule has 7 nitrogen and oxygen atoms in total. The molecule has 3 aromatic heterocycles. The molecule has 0 aliphatic heterocycles. The average Bonchev–Trinajstić information content (AvgIpc) is 3.30. The van der Waals surface area contributed by atoms with E-state index in [-0.39, 0.29) is 50.3 Å². The molecule has 0 saturated heterocycles. The topological polar surface area (TPSA) is 82.7 Å². The average molecular weight is 566 g/mol. The van der Waals surface area contributed by atoms with Crippen LogP contribution in [0.25, 0.3) is 33.9 Å². The normalized spacial score (nSPS) is 13.1. The van der Waals surface area contributed by atoms with Gasteiger partial charge in [0.2, 0.25) is 0 Å². The highest BCUT2D eigenvalue weighted by Gasteiger charge is 2.36. The summed E-state index contributed by atoms with van der Waals surface area (Å²) in [5.41, 5.74) is -2.07. The van der Waals surface area contributed by atoms with Crippen molar-refractivity contribution in [3.63, 3.8) is 0 Å². The number of aromatic nitrogens is 5. The minimum absolute atomic E-state index is 0.0173. The molecule has 0 spiro atoms. The lowest BCUT2D eigenvalue weighted by atomic mass is 10.0. The van der Waals surface area contributed by atoms with Crippen molar-refractivity contribution in [1.82, 2.24) is 24.1 Å². The number of benzene rings is 1. The van der Waals surface area contributed by atoms with E-state index in [9.17, 15) is 34.8 Å². The van der Waals surface area contributed by atoms with Gasteiger partial charge in [-0.3, -0.25) is 0 Å². The third-order valence-electron chi connectivity index (χ3n) is 5.85. The van der Waals surface area contributed by atoms with E-state index < -0.39 is 38.5 Å². The van der Waals surface area contributed by atoms with E-state index in [1.165, 1.54) is 37.1 Å². The maximum Gasteiger partial charge on any atom is 0.433 e. The summed E-state index contributed by atoms with van der Waals surface area (Å²) < 4.78 is 108. The molecule has 0 aliphatic carbocycles. The first kappa shape index (κ1) is 26.9. The van der Waals surface area contributed by atoms with Crippen LogP contribution in [0, 0.1) is 6.92 Å². The molecule has 0 saturated carbocycles. The second-order valence-electron chi connectivity index (χ2n) is 8.25. The highest BCUT2D eigenvalue weighted by Crippen LogP contribution is 2.40. The molecule has 15 heteroatoms. The Balaban J connectivity index is 2.02. The van der Waals surface area contributed by atoms with Crippen LogP contribution in [0.3, 0.4) is 0 Å². The van der Waals surface area contributed by atoms with Crippen molar-refractivity contribution in [2.45, 2.75) is 31.2 Å². The van der Waals surface area contributed by atoms with Crippen LogP contribution in [0.15, 0.2) is 29.4 Å². The van der Waals surface area contributed by atoms with Crippen LogP contribution in [0.4, 0.5) is 26.3 Å². The van der Waals surface area contributed by atoms with Crippen molar-refractivity contribution >= 4 is 32.5 Å². The third kappa shape index (κ3) is 4.56. The first-order valence-corrected chi connectivity index (χ1v) is 12.6. The smallest absolute Gasteiger partial charge is 0.324 e. The van der Waals surface area contributed by atoms with Crippen molar-refractivity contribution in [3.05, 3.63) is 46.2 Å². The lowest BCUT2D eigenvalue weighted by molar-refractivity contribution is -0.141. The number of halogens is 7. The number of pyridine rings is 1. The molecule has 198 valence electrons. The standard InChI is InChI=1S/C22H18ClF6N5O2S/c1-5-37(35,36)20-17(19-31-14-8-16(22(27,28)29)30-9-15(14)33(19)3)32-18(34(20)4)11-7-13(23)12(6-10(11)2)21(24,25)26/h6-9H,5H2,1-4H3. The molecule has 0 fully saturated rings. The fourth-order valence-corrected chi connectivity index (χ4v) is 5.44. The first-order valence-electron chi connectivity index (χ1n) is 10.5. The Morgan fingerprint density at radius 2 is 1.59 bits per heavy atom. The Morgan fingerprint density at radius 1 is 0.946 bits per heavy atom. The van der Waals surface area contributed by atoms with E-state index in [1.54, 1.807) is 0 Å². The van der Waals surface area contributed by atoms with Crippen LogP contribution < -0.4 is 0 Å². The summed E-state index contributed by atoms with van der Waals surface area (Å²) >= 11 is 5.91. The van der Waals surface area contributed by atoms with E-state index in [2.05, 4.69) is 15.0 Å². The van der Waals surface area contributed by atoms with Gasteiger partial charge in [0.15, 0.2) is 20.7 Å². The second kappa shape index (κ2) is 8.72. The zero-order chi connectivity index (χ0) is 27.7. The van der Waals surface area contributed by atoms with Crippen LogP contribution in [-0.4, -0.2) is 38.3 Å². The predicted molar refractivity (Wildman–Crippen MR) is 124 cm³/mol. The van der Waals surface area contributed by atoms with Gasteiger partial charge < -0.3 is 9.13 Å². The number of aryl methyl sites for hydroxylation is 2. The van der Waals surface area contributed by atoms with Crippen LogP contribution in [-0.2, 0) is 36.3 Å². The summed E-state index contributed by atoms with van der Waals surface area (Å²) in [6, 6.07) is 2.61. The zero-order valence-electron chi connectivity index (χ0n) is 19.6. The minimum atomic E-state index is -4.72. The summed E-state index contributed by atoms with van der Waals surface area (Å²) in [5, 5.41) is -0.908. The molecule has 0 unspecified atom stereocenters. The van der Waals surface area contributed by atoms with E-state index >= 15 is 0 Å². The van der Waals surface area contributed by atoms with E-state index in [4.69, 9.17) is 11.6 Å². The van der Waals surface area contributed by atoms with Gasteiger partial charge in [0.25, 0.3) is 0 Å². The quantitative estimate of drug-likeness (QED) is 0.291. The number of hydrogen-bond acceptors (Lipinski definition) is 5. The molecule has 1 aromatic carbocycles. The highest BCUT2D eigenvalue weighted by molar-refractivity contribution is 7.91. The van der Waals surface area contributed by atoms with Crippen LogP contribution in [0.5, 0.6) is 0 Å². The number of sulfone groups is 1. The van der Waals surface area contributed by atoms with Crippen molar-refractivity contribution in [2.75, 3.05) is 5.75 Å². The van der Waals surface area contributed by atoms with Gasteiger partial charge in [-0.15, -0.1) is 0 Å². The van der Waals surface area contributed by atoms with Crippen molar-refractivity contribution in [1.29, 1.82) is 0 Å². The highest BCUT2D eigenvalue weighted by atomic mass is 35.5. The summed E-state index contributed by atoms with van der Waals surface area (Å²) in [5.74, 6) is -0.438. The zero-order valence-corrected chi connectivity index (χ0v) is 21.2. The minimum Gasteiger partial charge on any atom is -0.324 e. The fourth-order valence-electron chi connectivity index (χ4n) is 3.96. The molecule has 4 rings (SSSR count). The maximum atomic E-state index is 13.3. The van der Waals surface area contributed by atoms with E-state index in [1.807, 2.05) is 0 Å². The first-order chi connectivity index (χ1) is 17.0. The van der Waals surface area contributed by atoms with Crippen LogP contribution >= 0.6 is 11.6 Å². The van der Waals surface area contributed by atoms with Crippen molar-refractivity contribution in [3.8, 4) is 22.9 Å². The molecule has 3 heterocycles. The molecule has 0 bridgehead atoms. The van der Waals surface area contributed by atoms with Gasteiger partial charge in [0.05, 0.1) is 33.6 Å². The molecule has 37 heavy (non-hydrogen) atoms. The fraction of sp³-hybridized carbons (Fsp3) is 0.318. The lowest BCUT2D eigenvalue weighted by Crippen LogP contribution is -2.12. The second-order valence-corrected chi connectivity index (χ2v) is 10.8. The van der Waals surface area contributed by atoms with Crippen LogP contribution in [0.2, 0.25) is 5.02 Å². The summed E-state index contributed by atoms with van der Waals surface area (Å²) in [6.45, 7) is 2.78. The number of fused-ring (bicyclic) bond motifs is 1. The molecular weight excluding hydrogens is 548 g/mol. The molecule has 0 aliphatic rings. The van der Waals surface area contributed by atoms with E-state index in [0.717, 1.165) is 24.4 Å². The Hall–Kier alpha value is -3.13. The molecule has 0 N–H and O–H groups in total. The molecule has 4 aromatic rings. The van der Waals surface area contributed by atoms with Crippen molar-refractivity contribution < 1.29 is 34.8 Å². The van der Waals surface area contributed by atoms with Gasteiger partial charge in [-0.1, -0.05) is 18.5 Å². The monoisotopic (exact) mass is 565 g/mol. The number of nitrogens with zero attached hydrogens (tertiary/aromatic N) is 5. The van der Waals surface area contributed by atoms with Gasteiger partial charge in [0.1, 0.15) is 17.2 Å². The Morgan fingerprint density at radius 3 is 2.16 bits per heavy atom. The maximum absolute atomic E-state index is 13.3. The van der Waals surface area contributed by atoms with Gasteiger partial charge in [0, 0.05) is 19.7 Å². The number of rotatable bonds is 4. The van der Waals surface area contributed by atoms with E-state index in [0.29, 0.717) is 0 Å². The predicted octanol–water partition coefficient (Wildman–Crippen LogP) is 5.83. The van der Waals surface area contributed by atoms with Gasteiger partial charge in [-0.25, -0.2) is 23.4 Å². The summed E-state index contributed by atoms with van der Waals surface area (Å²) in [4.78, 5) is 12.0. The van der Waals surface area contributed by atoms with Gasteiger partial charge in [-0.05, 0) is 30.7 Å². The van der Waals surface area contributed by atoms with Crippen LogP contribution in [0.1, 0.15) is 23.7 Å². The number of imidazole rings is 2. The van der Waals surface area contributed by atoms with Crippen molar-refractivity contribution in [2.24, 2.45) is 14.1 Å². The number of hydrogen-bond donors (Lipinski definition) is 0. The SMILES string of the molecule is CCS(=O)(=O)c1c(-c2nc3cc(C(F)(F)F)ncc3n2C)nc(-c2cc(Cl)c(C(F)(F)F)cc2C)n1C. The lowest BCUT2D eigenvalue weighted by Gasteiger charge is -2.13. The largest absolute Gasteiger partial charge is 0.433 e. The van der Waals surface area contributed by atoms with Gasteiger partial charge >= 0.3 is 12.4 Å². The third-order valence-corrected chi connectivity index (χ3v) is 7.98. The molecule has 0 radical (unpaired) electrons. The Labute approximate surface area is 211 Å². The van der Waals surface area contributed by atoms with Gasteiger partial charge in [-0.2, -0.15) is 26.3 Å². The molecular formula is C22H18ClF6N5O2S. The summed E-state index contributed by atoms with van der Waals surface area (Å²) in [6.07, 6.45) is -8.47. The number of alkyl halides is 6. The Kier molecular flexibility index (Phi) is 6.35. The molecule has 0 atom stereocenters. The molecule has 0 amide bonds. The summed E-state index contributed by atoms with van der Waals surface area (Å²) in [7, 11) is -1.17.